The molecule has 1 atom stereocenters. The fourth-order valence-corrected chi connectivity index (χ4v) is 4.83. The van der Waals surface area contributed by atoms with Crippen molar-refractivity contribution in [2.24, 2.45) is 0 Å². The van der Waals surface area contributed by atoms with Crippen molar-refractivity contribution in [3.8, 4) is 0 Å². The van der Waals surface area contributed by atoms with Crippen molar-refractivity contribution in [2.75, 3.05) is 5.32 Å². The zero-order valence-electron chi connectivity index (χ0n) is 20.5. The number of rotatable bonds is 9. The van der Waals surface area contributed by atoms with Crippen LogP contribution in [0.2, 0.25) is 0 Å². The quantitative estimate of drug-likeness (QED) is 0.172. The van der Waals surface area contributed by atoms with Crippen LogP contribution >= 0.6 is 11.8 Å². The van der Waals surface area contributed by atoms with Crippen molar-refractivity contribution in [2.45, 2.75) is 29.3 Å². The number of nitrogens with one attached hydrogen (secondary N) is 2. The van der Waals surface area contributed by atoms with Gasteiger partial charge in [0.15, 0.2) is 0 Å². The van der Waals surface area contributed by atoms with Gasteiger partial charge in [-0.25, -0.2) is 4.39 Å². The Morgan fingerprint density at radius 3 is 2.03 bits per heavy atom. The van der Waals surface area contributed by atoms with Crippen molar-refractivity contribution in [3.63, 3.8) is 0 Å². The summed E-state index contributed by atoms with van der Waals surface area (Å²) in [6.07, 6.45) is -4.54. The summed E-state index contributed by atoms with van der Waals surface area (Å²) in [5.41, 5.74) is 0.845. The number of carbonyl (C=O) groups is 2. The summed E-state index contributed by atoms with van der Waals surface area (Å²) in [7, 11) is 0. The van der Waals surface area contributed by atoms with Gasteiger partial charge in [0.25, 0.3) is 5.91 Å². The second-order valence-electron chi connectivity index (χ2n) is 8.69. The van der Waals surface area contributed by atoms with Crippen LogP contribution in [0.1, 0.15) is 27.0 Å². The van der Waals surface area contributed by atoms with Crippen LogP contribution in [-0.4, -0.2) is 17.9 Å². The molecular formula is C30H24F4N2O2S. The molecule has 200 valence electrons. The molecule has 4 aromatic carbocycles. The maximum absolute atomic E-state index is 13.9. The van der Waals surface area contributed by atoms with Crippen molar-refractivity contribution in [1.82, 2.24) is 5.32 Å². The number of hydrogen-bond donors (Lipinski definition) is 2. The zero-order chi connectivity index (χ0) is 27.8. The molecule has 9 heteroatoms. The summed E-state index contributed by atoms with van der Waals surface area (Å²) in [4.78, 5) is 26.0. The summed E-state index contributed by atoms with van der Waals surface area (Å²) >= 11 is 1.05. The van der Waals surface area contributed by atoms with E-state index in [-0.39, 0.29) is 22.6 Å². The topological polar surface area (TPSA) is 58.2 Å². The van der Waals surface area contributed by atoms with Crippen LogP contribution in [0.4, 0.5) is 23.2 Å². The lowest BCUT2D eigenvalue weighted by molar-refractivity contribution is -0.139. The Morgan fingerprint density at radius 1 is 0.795 bits per heavy atom. The molecule has 0 heterocycles. The smallest absolute Gasteiger partial charge is 0.340 e. The largest absolute Gasteiger partial charge is 0.417 e. The molecule has 0 bridgehead atoms. The maximum Gasteiger partial charge on any atom is 0.417 e. The predicted molar refractivity (Wildman–Crippen MR) is 144 cm³/mol. The van der Waals surface area contributed by atoms with Crippen molar-refractivity contribution >= 4 is 29.3 Å². The van der Waals surface area contributed by atoms with Crippen LogP contribution in [0.5, 0.6) is 0 Å². The van der Waals surface area contributed by atoms with Crippen molar-refractivity contribution in [3.05, 3.63) is 131 Å². The third-order valence-electron chi connectivity index (χ3n) is 5.80. The van der Waals surface area contributed by atoms with E-state index in [0.29, 0.717) is 5.75 Å². The third kappa shape index (κ3) is 7.94. The fraction of sp³-hybridized carbons (Fsp3) is 0.133. The molecule has 4 aromatic rings. The number of halogens is 4. The molecule has 4 nitrogen and oxygen atoms in total. The maximum atomic E-state index is 13.9. The number of amides is 2. The number of alkyl halides is 3. The summed E-state index contributed by atoms with van der Waals surface area (Å²) in [5, 5.41) is 5.14. The van der Waals surface area contributed by atoms with Gasteiger partial charge in [0.05, 0.1) is 5.56 Å². The molecule has 4 rings (SSSR count). The zero-order valence-corrected chi connectivity index (χ0v) is 21.4. The highest BCUT2D eigenvalue weighted by Gasteiger charge is 2.34. The number of thioether (sulfide) groups is 1. The summed E-state index contributed by atoms with van der Waals surface area (Å²) in [6.45, 7) is 0. The highest BCUT2D eigenvalue weighted by Crippen LogP contribution is 2.39. The van der Waals surface area contributed by atoms with Crippen LogP contribution in [0.3, 0.4) is 0 Å². The van der Waals surface area contributed by atoms with Crippen LogP contribution in [0.15, 0.2) is 108 Å². The Balaban J connectivity index is 1.54. The van der Waals surface area contributed by atoms with Crippen molar-refractivity contribution < 1.29 is 27.2 Å². The first-order valence-corrected chi connectivity index (χ1v) is 13.0. The van der Waals surface area contributed by atoms with Crippen molar-refractivity contribution in [1.29, 1.82) is 0 Å². The van der Waals surface area contributed by atoms with Gasteiger partial charge in [0.1, 0.15) is 11.9 Å². The van der Waals surface area contributed by atoms with Gasteiger partial charge in [0.2, 0.25) is 5.91 Å². The van der Waals surface area contributed by atoms with E-state index >= 15 is 0 Å². The highest BCUT2D eigenvalue weighted by atomic mass is 32.2. The molecule has 39 heavy (non-hydrogen) atoms. The molecule has 0 saturated carbocycles. The van der Waals surface area contributed by atoms with Gasteiger partial charge in [-0.2, -0.15) is 13.2 Å². The fourth-order valence-electron chi connectivity index (χ4n) is 3.82. The molecule has 2 N–H and O–H groups in total. The first-order valence-electron chi connectivity index (χ1n) is 12.0. The van der Waals surface area contributed by atoms with E-state index in [1.54, 1.807) is 30.3 Å². The molecule has 0 spiro atoms. The van der Waals surface area contributed by atoms with Gasteiger partial charge in [-0.15, -0.1) is 11.8 Å². The number of hydrogen-bond acceptors (Lipinski definition) is 3. The van der Waals surface area contributed by atoms with Gasteiger partial charge >= 0.3 is 6.18 Å². The predicted octanol–water partition coefficient (Wildman–Crippen LogP) is 7.12. The SMILES string of the molecule is O=C(N[C@@H](Cc1ccccc1)C(=O)Nc1ccc(SCc2ccccc2)c(C(F)(F)F)c1)c1ccc(F)cc1. The van der Waals surface area contributed by atoms with Gasteiger partial charge in [-0.1, -0.05) is 60.7 Å². The molecular weight excluding hydrogens is 528 g/mol. The highest BCUT2D eigenvalue weighted by molar-refractivity contribution is 7.98. The van der Waals surface area contributed by atoms with E-state index in [0.717, 1.165) is 41.1 Å². The van der Waals surface area contributed by atoms with Crippen LogP contribution < -0.4 is 10.6 Å². The normalized spacial score (nSPS) is 12.0. The Morgan fingerprint density at radius 2 is 1.41 bits per heavy atom. The minimum absolute atomic E-state index is 0.0369. The van der Waals surface area contributed by atoms with E-state index in [1.165, 1.54) is 24.3 Å². The molecule has 0 aromatic heterocycles. The Labute approximate surface area is 227 Å². The Kier molecular flexibility index (Phi) is 9.03. The average Bonchev–Trinajstić information content (AvgIpc) is 2.93. The van der Waals surface area contributed by atoms with E-state index in [4.69, 9.17) is 0 Å². The molecule has 0 saturated heterocycles. The van der Waals surface area contributed by atoms with Crippen LogP contribution in [-0.2, 0) is 23.1 Å². The number of benzene rings is 4. The summed E-state index contributed by atoms with van der Waals surface area (Å²) in [5.74, 6) is -1.47. The lowest BCUT2D eigenvalue weighted by Gasteiger charge is -2.20. The van der Waals surface area contributed by atoms with Crippen LogP contribution in [0.25, 0.3) is 0 Å². The summed E-state index contributed by atoms with van der Waals surface area (Å²) < 4.78 is 55.0. The third-order valence-corrected chi connectivity index (χ3v) is 6.95. The average molecular weight is 553 g/mol. The first kappa shape index (κ1) is 27.9. The second-order valence-corrected chi connectivity index (χ2v) is 9.71. The number of carbonyl (C=O) groups excluding carboxylic acids is 2. The van der Waals surface area contributed by atoms with Crippen LogP contribution in [0, 0.1) is 5.82 Å². The number of anilines is 1. The monoisotopic (exact) mass is 552 g/mol. The second kappa shape index (κ2) is 12.6. The lowest BCUT2D eigenvalue weighted by atomic mass is 10.0. The molecule has 0 fully saturated rings. The van der Waals surface area contributed by atoms with Gasteiger partial charge in [0, 0.05) is 28.3 Å². The molecule has 2 amide bonds. The van der Waals surface area contributed by atoms with E-state index < -0.39 is 35.4 Å². The van der Waals surface area contributed by atoms with E-state index in [2.05, 4.69) is 10.6 Å². The van der Waals surface area contributed by atoms with Gasteiger partial charge < -0.3 is 10.6 Å². The lowest BCUT2D eigenvalue weighted by Crippen LogP contribution is -2.45. The molecule has 0 aliphatic carbocycles. The van der Waals surface area contributed by atoms with Gasteiger partial charge in [-0.05, 0) is 53.6 Å². The Bertz CT molecular complexity index is 1410. The minimum Gasteiger partial charge on any atom is -0.340 e. The standard InChI is InChI=1S/C30H24F4N2O2S/c31-23-13-11-22(12-14-23)28(37)36-26(17-20-7-3-1-4-8-20)29(38)35-24-15-16-27(25(18-24)30(32,33)34)39-19-21-9-5-2-6-10-21/h1-16,18,26H,17,19H2,(H,35,38)(H,36,37)/t26-/m0/s1. The molecule has 0 unspecified atom stereocenters. The molecule has 0 aliphatic heterocycles. The Hall–Kier alpha value is -4.11. The molecule has 0 aliphatic rings. The molecule has 0 radical (unpaired) electrons. The van der Waals surface area contributed by atoms with E-state index in [9.17, 15) is 27.2 Å². The minimum atomic E-state index is -4.64. The summed E-state index contributed by atoms with van der Waals surface area (Å²) in [6, 6.07) is 25.4. The van der Waals surface area contributed by atoms with E-state index in [1.807, 2.05) is 30.3 Å². The van der Waals surface area contributed by atoms with Gasteiger partial charge in [-0.3, -0.25) is 9.59 Å². The first-order chi connectivity index (χ1) is 18.7.